The van der Waals surface area contributed by atoms with Crippen LogP contribution in [0.25, 0.3) is 0 Å². The Balaban J connectivity index is 4.22. The summed E-state index contributed by atoms with van der Waals surface area (Å²) in [7, 11) is 1.63. The SMILES string of the molecule is CCCCCCCCCCCCCCCCCCCCCCCC(O)C(COP(=O)(O)OCC[N+](C)(C)C)NC(=O)CCCCCCCCCCCCCCC. The summed E-state index contributed by atoms with van der Waals surface area (Å²) in [5.41, 5.74) is 0. The van der Waals surface area contributed by atoms with E-state index in [0.29, 0.717) is 23.9 Å². The molecule has 0 radical (unpaired) electrons. The smallest absolute Gasteiger partial charge is 0.391 e. The van der Waals surface area contributed by atoms with E-state index in [1.54, 1.807) is 0 Å². The fraction of sp³-hybridized carbons (Fsp3) is 0.979. The predicted molar refractivity (Wildman–Crippen MR) is 240 cm³/mol. The van der Waals surface area contributed by atoms with Crippen LogP contribution in [0, 0.1) is 0 Å². The Morgan fingerprint density at radius 3 is 1.20 bits per heavy atom. The Hall–Kier alpha value is -0.500. The number of hydrogen-bond acceptors (Lipinski definition) is 5. The van der Waals surface area contributed by atoms with Gasteiger partial charge >= 0.3 is 7.82 Å². The van der Waals surface area contributed by atoms with Gasteiger partial charge in [0.1, 0.15) is 13.2 Å². The van der Waals surface area contributed by atoms with Crippen molar-refractivity contribution in [3.63, 3.8) is 0 Å². The van der Waals surface area contributed by atoms with E-state index in [9.17, 15) is 19.4 Å². The largest absolute Gasteiger partial charge is 0.472 e. The van der Waals surface area contributed by atoms with Crippen molar-refractivity contribution in [2.24, 2.45) is 0 Å². The van der Waals surface area contributed by atoms with Crippen molar-refractivity contribution in [3.8, 4) is 0 Å². The van der Waals surface area contributed by atoms with Gasteiger partial charge in [-0.2, -0.15) is 0 Å². The molecule has 8 nitrogen and oxygen atoms in total. The van der Waals surface area contributed by atoms with Crippen LogP contribution in [-0.2, 0) is 18.4 Å². The van der Waals surface area contributed by atoms with Crippen LogP contribution in [0.2, 0.25) is 0 Å². The molecule has 0 spiro atoms. The van der Waals surface area contributed by atoms with Crippen LogP contribution >= 0.6 is 7.82 Å². The molecule has 9 heteroatoms. The summed E-state index contributed by atoms with van der Waals surface area (Å²) in [4.78, 5) is 23.2. The Morgan fingerprint density at radius 2 is 0.857 bits per heavy atom. The van der Waals surface area contributed by atoms with Gasteiger partial charge in [0.25, 0.3) is 0 Å². The highest BCUT2D eigenvalue weighted by Crippen LogP contribution is 2.43. The number of phosphoric ester groups is 1. The Kier molecular flexibility index (Phi) is 39.6. The lowest BCUT2D eigenvalue weighted by Gasteiger charge is -2.26. The average molecular weight is 818 g/mol. The predicted octanol–water partition coefficient (Wildman–Crippen LogP) is 13.8. The van der Waals surface area contributed by atoms with Crippen molar-refractivity contribution in [2.45, 2.75) is 257 Å². The first-order chi connectivity index (χ1) is 27.0. The molecule has 0 aliphatic heterocycles. The summed E-state index contributed by atoms with van der Waals surface area (Å²) in [5.74, 6) is -0.141. The van der Waals surface area contributed by atoms with Gasteiger partial charge in [-0.15, -0.1) is 0 Å². The third-order valence-corrected chi connectivity index (χ3v) is 12.3. The topological polar surface area (TPSA) is 105 Å². The Morgan fingerprint density at radius 1 is 0.536 bits per heavy atom. The average Bonchev–Trinajstić information content (AvgIpc) is 3.15. The summed E-state index contributed by atoms with van der Waals surface area (Å²) in [6.45, 7) is 4.92. The third-order valence-electron chi connectivity index (χ3n) is 11.4. The standard InChI is InChI=1S/C47H97N2O6P/c1-6-8-10-12-14-16-18-20-21-22-23-24-25-26-27-29-30-32-34-36-38-40-46(50)45(44-55-56(52,53)54-43-42-49(3,4)5)48-47(51)41-39-37-35-33-31-28-19-17-15-13-11-9-7-2/h45-46,50H,6-44H2,1-5H3,(H-,48,51,52,53)/p+1. The molecule has 336 valence electrons. The van der Waals surface area contributed by atoms with Gasteiger partial charge in [-0.1, -0.05) is 226 Å². The van der Waals surface area contributed by atoms with Crippen LogP contribution < -0.4 is 5.32 Å². The lowest BCUT2D eigenvalue weighted by molar-refractivity contribution is -0.870. The van der Waals surface area contributed by atoms with E-state index in [-0.39, 0.29) is 19.1 Å². The van der Waals surface area contributed by atoms with Crippen LogP contribution in [0.15, 0.2) is 0 Å². The first-order valence-corrected chi connectivity index (χ1v) is 25.9. The first-order valence-electron chi connectivity index (χ1n) is 24.4. The highest BCUT2D eigenvalue weighted by Gasteiger charge is 2.28. The van der Waals surface area contributed by atoms with Crippen molar-refractivity contribution in [1.82, 2.24) is 5.32 Å². The van der Waals surface area contributed by atoms with E-state index in [1.165, 1.54) is 180 Å². The van der Waals surface area contributed by atoms with E-state index in [2.05, 4.69) is 19.2 Å². The number of hydrogen-bond donors (Lipinski definition) is 3. The molecular formula is C47H98N2O6P+. The molecule has 0 aliphatic carbocycles. The Bertz CT molecular complexity index is 885. The van der Waals surface area contributed by atoms with Crippen LogP contribution in [0.3, 0.4) is 0 Å². The van der Waals surface area contributed by atoms with Crippen LogP contribution in [0.4, 0.5) is 0 Å². The maximum absolute atomic E-state index is 12.9. The fourth-order valence-electron chi connectivity index (χ4n) is 7.46. The molecule has 56 heavy (non-hydrogen) atoms. The monoisotopic (exact) mass is 818 g/mol. The fourth-order valence-corrected chi connectivity index (χ4v) is 8.20. The number of likely N-dealkylation sites (N-methyl/N-ethyl adjacent to an activating group) is 1. The van der Waals surface area contributed by atoms with E-state index in [4.69, 9.17) is 9.05 Å². The maximum Gasteiger partial charge on any atom is 0.472 e. The molecule has 0 aromatic carbocycles. The normalized spacial score (nSPS) is 14.2. The lowest BCUT2D eigenvalue weighted by atomic mass is 10.0. The molecule has 0 bridgehead atoms. The Labute approximate surface area is 349 Å². The van der Waals surface area contributed by atoms with Gasteiger partial charge in [0.05, 0.1) is 39.9 Å². The summed E-state index contributed by atoms with van der Waals surface area (Å²) in [5, 5.41) is 14.0. The van der Waals surface area contributed by atoms with Gasteiger partial charge in [-0.3, -0.25) is 13.8 Å². The zero-order chi connectivity index (χ0) is 41.4. The summed E-state index contributed by atoms with van der Waals surface area (Å²) >= 11 is 0. The molecule has 0 aromatic rings. The van der Waals surface area contributed by atoms with Gasteiger partial charge in [-0.05, 0) is 12.8 Å². The molecule has 0 saturated carbocycles. The molecule has 0 aliphatic rings. The van der Waals surface area contributed by atoms with Crippen molar-refractivity contribution >= 4 is 13.7 Å². The van der Waals surface area contributed by atoms with E-state index < -0.39 is 20.0 Å². The molecule has 0 fully saturated rings. The molecule has 1 amide bonds. The number of quaternary nitrogens is 1. The number of aliphatic hydroxyl groups is 1. The van der Waals surface area contributed by atoms with Crippen molar-refractivity contribution in [1.29, 1.82) is 0 Å². The van der Waals surface area contributed by atoms with Gasteiger partial charge in [0.2, 0.25) is 5.91 Å². The number of nitrogens with zero attached hydrogens (tertiary/aromatic N) is 1. The molecule has 0 aromatic heterocycles. The number of carbonyl (C=O) groups excluding carboxylic acids is 1. The zero-order valence-corrected chi connectivity index (χ0v) is 39.0. The highest BCUT2D eigenvalue weighted by atomic mass is 31.2. The maximum atomic E-state index is 12.9. The van der Waals surface area contributed by atoms with E-state index >= 15 is 0 Å². The number of unbranched alkanes of at least 4 members (excludes halogenated alkanes) is 32. The quantitative estimate of drug-likeness (QED) is 0.0321. The van der Waals surface area contributed by atoms with Gasteiger partial charge in [-0.25, -0.2) is 4.57 Å². The van der Waals surface area contributed by atoms with Crippen LogP contribution in [0.5, 0.6) is 0 Å². The lowest BCUT2D eigenvalue weighted by Crippen LogP contribution is -2.46. The highest BCUT2D eigenvalue weighted by molar-refractivity contribution is 7.47. The minimum absolute atomic E-state index is 0.0787. The first kappa shape index (κ1) is 55.5. The number of carbonyl (C=O) groups is 1. The second-order valence-electron chi connectivity index (χ2n) is 18.2. The summed E-state index contributed by atoms with van der Waals surface area (Å²) in [6, 6.07) is -0.753. The van der Waals surface area contributed by atoms with Crippen molar-refractivity contribution in [2.75, 3.05) is 40.9 Å². The number of amides is 1. The van der Waals surface area contributed by atoms with Crippen molar-refractivity contribution in [3.05, 3.63) is 0 Å². The van der Waals surface area contributed by atoms with Crippen molar-refractivity contribution < 1.29 is 32.9 Å². The second kappa shape index (κ2) is 39.9. The van der Waals surface area contributed by atoms with Gasteiger partial charge < -0.3 is 19.8 Å². The van der Waals surface area contributed by atoms with Crippen LogP contribution in [-0.4, -0.2) is 73.4 Å². The summed E-state index contributed by atoms with van der Waals surface area (Å²) < 4.78 is 23.7. The second-order valence-corrected chi connectivity index (χ2v) is 19.7. The molecular weight excluding hydrogens is 719 g/mol. The zero-order valence-electron chi connectivity index (χ0n) is 38.2. The van der Waals surface area contributed by atoms with Crippen LogP contribution in [0.1, 0.15) is 245 Å². The molecule has 3 atom stereocenters. The summed E-state index contributed by atoms with van der Waals surface area (Å²) in [6.07, 6.45) is 44.2. The molecule has 3 N–H and O–H groups in total. The van der Waals surface area contributed by atoms with Gasteiger partial charge in [0.15, 0.2) is 0 Å². The molecule has 0 heterocycles. The minimum Gasteiger partial charge on any atom is -0.391 e. The molecule has 3 unspecified atom stereocenters. The molecule has 0 rings (SSSR count). The van der Waals surface area contributed by atoms with E-state index in [1.807, 2.05) is 21.1 Å². The van der Waals surface area contributed by atoms with E-state index in [0.717, 1.165) is 38.5 Å². The number of phosphoric acid groups is 1. The minimum atomic E-state index is -4.31. The third kappa shape index (κ3) is 41.7. The number of aliphatic hydroxyl groups excluding tert-OH is 1. The number of rotatable bonds is 45. The number of nitrogens with one attached hydrogen (secondary N) is 1. The van der Waals surface area contributed by atoms with Gasteiger partial charge in [0, 0.05) is 6.42 Å². The molecule has 0 saturated heterocycles.